The van der Waals surface area contributed by atoms with E-state index in [-0.39, 0.29) is 6.61 Å². The number of hydrogen-bond donors (Lipinski definition) is 2. The van der Waals surface area contributed by atoms with Gasteiger partial charge in [0, 0.05) is 36.5 Å². The van der Waals surface area contributed by atoms with Crippen molar-refractivity contribution in [3.63, 3.8) is 0 Å². The highest BCUT2D eigenvalue weighted by molar-refractivity contribution is 5.53. The Kier molecular flexibility index (Phi) is 4.10. The lowest BCUT2D eigenvalue weighted by molar-refractivity contribution is -0.0176. The van der Waals surface area contributed by atoms with Crippen molar-refractivity contribution in [2.75, 3.05) is 32.2 Å². The number of aliphatic hydroxyl groups excluding tert-OH is 1. The van der Waals surface area contributed by atoms with Crippen LogP contribution in [0.2, 0.25) is 0 Å². The quantitative estimate of drug-likeness (QED) is 0.817. The second-order valence-corrected chi connectivity index (χ2v) is 5.70. The molecular formula is C15H22N2O3. The van der Waals surface area contributed by atoms with Gasteiger partial charge in [-0.15, -0.1) is 0 Å². The molecule has 20 heavy (non-hydrogen) atoms. The number of aliphatic hydroxyl groups is 1. The van der Waals surface area contributed by atoms with Crippen LogP contribution in [0, 0.1) is 5.92 Å². The predicted octanol–water partition coefficient (Wildman–Crippen LogP) is 1.34. The van der Waals surface area contributed by atoms with E-state index in [4.69, 9.17) is 15.2 Å². The predicted molar refractivity (Wildman–Crippen MR) is 76.2 cm³/mol. The summed E-state index contributed by atoms with van der Waals surface area (Å²) in [6.07, 6.45) is 2.26. The molecule has 5 nitrogen and oxygen atoms in total. The summed E-state index contributed by atoms with van der Waals surface area (Å²) >= 11 is 0. The average molecular weight is 278 g/mol. The Balaban J connectivity index is 1.78. The normalized spacial score (nSPS) is 23.1. The maximum atomic E-state index is 9.32. The van der Waals surface area contributed by atoms with Crippen molar-refractivity contribution in [1.29, 1.82) is 0 Å². The van der Waals surface area contributed by atoms with Crippen LogP contribution in [0.3, 0.4) is 0 Å². The van der Waals surface area contributed by atoms with Gasteiger partial charge in [-0.05, 0) is 37.4 Å². The zero-order valence-corrected chi connectivity index (χ0v) is 11.7. The van der Waals surface area contributed by atoms with E-state index in [9.17, 15) is 5.11 Å². The standard InChI is InChI=1S/C15H22N2O3/c16-14-4-12(15-13(5-14)9-19-10-20-15)7-17-3-1-2-11(6-17)8-18/h4-5,11,18H,1-3,6-10,16H2. The smallest absolute Gasteiger partial charge is 0.189 e. The fourth-order valence-corrected chi connectivity index (χ4v) is 3.13. The van der Waals surface area contributed by atoms with Crippen molar-refractivity contribution >= 4 is 5.69 Å². The molecule has 1 atom stereocenters. The van der Waals surface area contributed by atoms with Crippen LogP contribution in [0.5, 0.6) is 5.75 Å². The number of rotatable bonds is 3. The molecule has 110 valence electrons. The van der Waals surface area contributed by atoms with Gasteiger partial charge in [0.1, 0.15) is 5.75 Å². The van der Waals surface area contributed by atoms with Gasteiger partial charge in [0.05, 0.1) is 6.61 Å². The molecule has 2 heterocycles. The highest BCUT2D eigenvalue weighted by atomic mass is 16.7. The Hall–Kier alpha value is -1.30. The van der Waals surface area contributed by atoms with Gasteiger partial charge in [-0.25, -0.2) is 0 Å². The number of likely N-dealkylation sites (tertiary alicyclic amines) is 1. The van der Waals surface area contributed by atoms with E-state index in [1.54, 1.807) is 0 Å². The van der Waals surface area contributed by atoms with Crippen molar-refractivity contribution < 1.29 is 14.6 Å². The molecule has 0 spiro atoms. The first-order valence-corrected chi connectivity index (χ1v) is 7.21. The zero-order chi connectivity index (χ0) is 13.9. The van der Waals surface area contributed by atoms with Gasteiger partial charge in [-0.1, -0.05) is 0 Å². The van der Waals surface area contributed by atoms with Crippen molar-refractivity contribution in [3.05, 3.63) is 23.3 Å². The lowest BCUT2D eigenvalue weighted by Crippen LogP contribution is -2.36. The summed E-state index contributed by atoms with van der Waals surface area (Å²) in [5.41, 5.74) is 8.88. The Morgan fingerprint density at radius 3 is 3.15 bits per heavy atom. The topological polar surface area (TPSA) is 68.0 Å². The van der Waals surface area contributed by atoms with Crippen LogP contribution in [-0.2, 0) is 17.9 Å². The van der Waals surface area contributed by atoms with Gasteiger partial charge < -0.3 is 20.3 Å². The number of nitrogen functional groups attached to an aromatic ring is 1. The lowest BCUT2D eigenvalue weighted by Gasteiger charge is -2.32. The molecule has 0 saturated carbocycles. The summed E-state index contributed by atoms with van der Waals surface area (Å²) in [5.74, 6) is 1.32. The minimum absolute atomic E-state index is 0.274. The molecule has 0 aliphatic carbocycles. The Morgan fingerprint density at radius 1 is 1.40 bits per heavy atom. The SMILES string of the molecule is Nc1cc2c(c(CN3CCCC(CO)C3)c1)OCOC2. The van der Waals surface area contributed by atoms with Crippen LogP contribution in [0.15, 0.2) is 12.1 Å². The van der Waals surface area contributed by atoms with Crippen LogP contribution in [0.25, 0.3) is 0 Å². The number of ether oxygens (including phenoxy) is 2. The fourth-order valence-electron chi connectivity index (χ4n) is 3.13. The van der Waals surface area contributed by atoms with Crippen LogP contribution < -0.4 is 10.5 Å². The molecule has 1 unspecified atom stereocenters. The van der Waals surface area contributed by atoms with Crippen molar-refractivity contribution in [3.8, 4) is 5.75 Å². The van der Waals surface area contributed by atoms with Crippen LogP contribution >= 0.6 is 0 Å². The average Bonchev–Trinajstić information content (AvgIpc) is 2.47. The highest BCUT2D eigenvalue weighted by Gasteiger charge is 2.22. The maximum Gasteiger partial charge on any atom is 0.189 e. The lowest BCUT2D eigenvalue weighted by atomic mass is 9.98. The fraction of sp³-hybridized carbons (Fsp3) is 0.600. The monoisotopic (exact) mass is 278 g/mol. The summed E-state index contributed by atoms with van der Waals surface area (Å²) in [6, 6.07) is 3.91. The molecule has 3 rings (SSSR count). The van der Waals surface area contributed by atoms with Gasteiger partial charge in [-0.2, -0.15) is 0 Å². The number of hydrogen-bond acceptors (Lipinski definition) is 5. The van der Waals surface area contributed by atoms with Crippen LogP contribution in [0.4, 0.5) is 5.69 Å². The van der Waals surface area contributed by atoms with E-state index in [1.807, 2.05) is 12.1 Å². The molecule has 1 aromatic rings. The molecule has 3 N–H and O–H groups in total. The summed E-state index contributed by atoms with van der Waals surface area (Å²) in [5, 5.41) is 9.32. The summed E-state index contributed by atoms with van der Waals surface area (Å²) in [7, 11) is 0. The molecule has 1 aromatic carbocycles. The molecule has 2 aliphatic rings. The van der Waals surface area contributed by atoms with Gasteiger partial charge in [0.15, 0.2) is 6.79 Å². The first-order chi connectivity index (χ1) is 9.76. The molecule has 0 aromatic heterocycles. The summed E-state index contributed by atoms with van der Waals surface area (Å²) in [4.78, 5) is 2.37. The number of benzene rings is 1. The number of nitrogens with two attached hydrogens (primary N) is 1. The summed E-state index contributed by atoms with van der Waals surface area (Å²) in [6.45, 7) is 3.97. The van der Waals surface area contributed by atoms with E-state index in [0.717, 1.165) is 55.0 Å². The largest absolute Gasteiger partial charge is 0.467 e. The molecule has 0 amide bonds. The molecular weight excluding hydrogens is 256 g/mol. The second-order valence-electron chi connectivity index (χ2n) is 5.70. The number of fused-ring (bicyclic) bond motifs is 1. The van der Waals surface area contributed by atoms with E-state index >= 15 is 0 Å². The van der Waals surface area contributed by atoms with Gasteiger partial charge in [-0.3, -0.25) is 4.90 Å². The molecule has 1 fully saturated rings. The molecule has 2 aliphatic heterocycles. The third-order valence-corrected chi connectivity index (χ3v) is 4.06. The zero-order valence-electron chi connectivity index (χ0n) is 11.7. The summed E-state index contributed by atoms with van der Waals surface area (Å²) < 4.78 is 11.0. The van der Waals surface area contributed by atoms with Crippen molar-refractivity contribution in [1.82, 2.24) is 4.90 Å². The first-order valence-electron chi connectivity index (χ1n) is 7.21. The number of piperidine rings is 1. The minimum atomic E-state index is 0.274. The van der Waals surface area contributed by atoms with Crippen LogP contribution in [-0.4, -0.2) is 36.5 Å². The third kappa shape index (κ3) is 2.90. The van der Waals surface area contributed by atoms with Crippen LogP contribution in [0.1, 0.15) is 24.0 Å². The van der Waals surface area contributed by atoms with Gasteiger partial charge in [0.2, 0.25) is 0 Å². The Morgan fingerprint density at radius 2 is 2.30 bits per heavy atom. The van der Waals surface area contributed by atoms with Gasteiger partial charge in [0.25, 0.3) is 0 Å². The molecule has 0 radical (unpaired) electrons. The minimum Gasteiger partial charge on any atom is -0.467 e. The van der Waals surface area contributed by atoms with E-state index in [0.29, 0.717) is 19.3 Å². The Labute approximate surface area is 119 Å². The first kappa shape index (κ1) is 13.7. The highest BCUT2D eigenvalue weighted by Crippen LogP contribution is 2.32. The van der Waals surface area contributed by atoms with E-state index in [2.05, 4.69) is 4.90 Å². The van der Waals surface area contributed by atoms with Gasteiger partial charge >= 0.3 is 0 Å². The Bertz CT molecular complexity index is 478. The second kappa shape index (κ2) is 5.99. The molecule has 5 heteroatoms. The molecule has 0 bridgehead atoms. The van der Waals surface area contributed by atoms with Crippen molar-refractivity contribution in [2.24, 2.45) is 5.92 Å². The van der Waals surface area contributed by atoms with E-state index in [1.165, 1.54) is 0 Å². The maximum absolute atomic E-state index is 9.32. The number of anilines is 1. The van der Waals surface area contributed by atoms with E-state index < -0.39 is 0 Å². The van der Waals surface area contributed by atoms with Crippen molar-refractivity contribution in [2.45, 2.75) is 26.0 Å². The third-order valence-electron chi connectivity index (χ3n) is 4.06. The molecule has 1 saturated heterocycles. The number of nitrogens with zero attached hydrogens (tertiary/aromatic N) is 1.